The summed E-state index contributed by atoms with van der Waals surface area (Å²) in [4.78, 5) is 25.6. The predicted molar refractivity (Wildman–Crippen MR) is 71.0 cm³/mol. The Kier molecular flexibility index (Phi) is 5.15. The minimum absolute atomic E-state index is 0.310. The van der Waals surface area contributed by atoms with E-state index >= 15 is 0 Å². The van der Waals surface area contributed by atoms with E-state index in [9.17, 15) is 9.59 Å². The predicted octanol–water partition coefficient (Wildman–Crippen LogP) is 1.85. The average molecular weight is 267 g/mol. The lowest BCUT2D eigenvalue weighted by Gasteiger charge is -2.29. The van der Waals surface area contributed by atoms with E-state index in [4.69, 9.17) is 9.47 Å². The molecule has 1 rings (SSSR count). The molecule has 0 spiro atoms. The van der Waals surface area contributed by atoms with E-state index in [1.807, 2.05) is 13.8 Å². The first-order chi connectivity index (χ1) is 8.93. The first kappa shape index (κ1) is 15.3. The van der Waals surface area contributed by atoms with Crippen molar-refractivity contribution in [1.82, 2.24) is 4.90 Å². The normalized spacial score (nSPS) is 19.1. The van der Waals surface area contributed by atoms with Crippen LogP contribution in [0.1, 0.15) is 27.7 Å². The van der Waals surface area contributed by atoms with Crippen LogP contribution in [0.25, 0.3) is 0 Å². The second-order valence-electron chi connectivity index (χ2n) is 4.36. The summed E-state index contributed by atoms with van der Waals surface area (Å²) in [6.45, 7) is 7.78. The zero-order valence-electron chi connectivity index (χ0n) is 12.1. The van der Waals surface area contributed by atoms with Gasteiger partial charge < -0.3 is 14.4 Å². The van der Waals surface area contributed by atoms with Gasteiger partial charge in [-0.25, -0.2) is 9.59 Å². The quantitative estimate of drug-likeness (QED) is 0.728. The van der Waals surface area contributed by atoms with Crippen LogP contribution in [0.2, 0.25) is 0 Å². The van der Waals surface area contributed by atoms with E-state index in [1.54, 1.807) is 32.0 Å². The summed E-state index contributed by atoms with van der Waals surface area (Å²) in [7, 11) is 1.79. The van der Waals surface area contributed by atoms with E-state index in [0.29, 0.717) is 24.4 Å². The Morgan fingerprint density at radius 2 is 1.74 bits per heavy atom. The molecule has 0 N–H and O–H groups in total. The van der Waals surface area contributed by atoms with Crippen molar-refractivity contribution < 1.29 is 19.1 Å². The number of ether oxygens (including phenoxy) is 2. The molecular weight excluding hydrogens is 246 g/mol. The molecule has 1 atom stereocenters. The molecule has 1 aliphatic heterocycles. The van der Waals surface area contributed by atoms with Crippen molar-refractivity contribution in [3.05, 3.63) is 23.0 Å². The Hall–Kier alpha value is -1.78. The maximum absolute atomic E-state index is 12.0. The fourth-order valence-electron chi connectivity index (χ4n) is 2.05. The highest BCUT2D eigenvalue weighted by Gasteiger charge is 2.32. The van der Waals surface area contributed by atoms with Gasteiger partial charge in [0.15, 0.2) is 0 Å². The number of nitrogens with zero attached hydrogens (tertiary/aromatic N) is 1. The number of allylic oxidation sites excluding steroid dienone is 1. The molecule has 0 saturated heterocycles. The summed E-state index contributed by atoms with van der Waals surface area (Å²) in [6.07, 6.45) is 1.71. The molecule has 0 bridgehead atoms. The number of carbonyl (C=O) groups is 2. The van der Waals surface area contributed by atoms with E-state index in [2.05, 4.69) is 0 Å². The van der Waals surface area contributed by atoms with Crippen molar-refractivity contribution in [1.29, 1.82) is 0 Å². The van der Waals surface area contributed by atoms with Gasteiger partial charge >= 0.3 is 11.9 Å². The van der Waals surface area contributed by atoms with Crippen LogP contribution >= 0.6 is 0 Å². The molecule has 0 radical (unpaired) electrons. The van der Waals surface area contributed by atoms with Gasteiger partial charge in [-0.1, -0.05) is 6.92 Å². The molecule has 5 heteroatoms. The van der Waals surface area contributed by atoms with Crippen molar-refractivity contribution in [2.45, 2.75) is 27.7 Å². The van der Waals surface area contributed by atoms with Gasteiger partial charge in [-0.05, 0) is 20.8 Å². The fourth-order valence-corrected chi connectivity index (χ4v) is 2.05. The lowest BCUT2D eigenvalue weighted by atomic mass is 9.89. The molecule has 0 aromatic carbocycles. The molecule has 1 heterocycles. The fraction of sp³-hybridized carbons (Fsp3) is 0.571. The Bertz CT molecular complexity index is 437. The molecule has 1 unspecified atom stereocenters. The van der Waals surface area contributed by atoms with Gasteiger partial charge in [0, 0.05) is 24.9 Å². The van der Waals surface area contributed by atoms with Crippen molar-refractivity contribution in [2.75, 3.05) is 20.3 Å². The maximum atomic E-state index is 12.0. The monoisotopic (exact) mass is 267 g/mol. The molecule has 0 aliphatic carbocycles. The van der Waals surface area contributed by atoms with Crippen LogP contribution in [0, 0.1) is 5.92 Å². The Labute approximate surface area is 113 Å². The zero-order chi connectivity index (χ0) is 14.6. The van der Waals surface area contributed by atoms with Gasteiger partial charge in [-0.3, -0.25) is 0 Å². The lowest BCUT2D eigenvalue weighted by Crippen LogP contribution is -2.30. The van der Waals surface area contributed by atoms with Crippen LogP contribution in [0.3, 0.4) is 0 Å². The van der Waals surface area contributed by atoms with Crippen LogP contribution in [-0.4, -0.2) is 37.1 Å². The second-order valence-corrected chi connectivity index (χ2v) is 4.36. The summed E-state index contributed by atoms with van der Waals surface area (Å²) in [6, 6.07) is 0. The van der Waals surface area contributed by atoms with Gasteiger partial charge in [0.25, 0.3) is 0 Å². The minimum Gasteiger partial charge on any atom is -0.463 e. The highest BCUT2D eigenvalue weighted by atomic mass is 16.5. The molecule has 0 amide bonds. The molecule has 0 saturated carbocycles. The summed E-state index contributed by atoms with van der Waals surface area (Å²) in [5.41, 5.74) is 1.77. The highest BCUT2D eigenvalue weighted by Crippen LogP contribution is 2.31. The van der Waals surface area contributed by atoms with Crippen molar-refractivity contribution in [2.24, 2.45) is 5.92 Å². The third-order valence-electron chi connectivity index (χ3n) is 3.16. The summed E-state index contributed by atoms with van der Waals surface area (Å²) in [5, 5.41) is 0. The topological polar surface area (TPSA) is 55.8 Å². The molecule has 106 valence electrons. The molecule has 0 aromatic heterocycles. The van der Waals surface area contributed by atoms with Crippen LogP contribution in [0.5, 0.6) is 0 Å². The summed E-state index contributed by atoms with van der Waals surface area (Å²) < 4.78 is 10.1. The standard InChI is InChI=1S/C14H21NO4/c1-6-18-13(16)11-8-15(5)10(4)12(9(11)3)14(17)19-7-2/h8-9H,6-7H2,1-5H3. The maximum Gasteiger partial charge on any atom is 0.336 e. The van der Waals surface area contributed by atoms with Gasteiger partial charge in [0.2, 0.25) is 0 Å². The third-order valence-corrected chi connectivity index (χ3v) is 3.16. The smallest absolute Gasteiger partial charge is 0.336 e. The Morgan fingerprint density at radius 1 is 1.21 bits per heavy atom. The molecule has 19 heavy (non-hydrogen) atoms. The second kappa shape index (κ2) is 6.41. The highest BCUT2D eigenvalue weighted by molar-refractivity contribution is 5.97. The number of esters is 2. The average Bonchev–Trinajstić information content (AvgIpc) is 2.34. The molecule has 1 aliphatic rings. The van der Waals surface area contributed by atoms with Crippen LogP contribution < -0.4 is 0 Å². The Balaban J connectivity index is 3.08. The van der Waals surface area contributed by atoms with Crippen molar-refractivity contribution in [3.8, 4) is 0 Å². The lowest BCUT2D eigenvalue weighted by molar-refractivity contribution is -0.140. The largest absolute Gasteiger partial charge is 0.463 e. The SMILES string of the molecule is CCOC(=O)C1=CN(C)C(C)=C(C(=O)OCC)C1C. The van der Waals surface area contributed by atoms with Crippen LogP contribution in [0.15, 0.2) is 23.0 Å². The van der Waals surface area contributed by atoms with Crippen LogP contribution in [-0.2, 0) is 19.1 Å². The van der Waals surface area contributed by atoms with E-state index in [-0.39, 0.29) is 11.9 Å². The summed E-state index contributed by atoms with van der Waals surface area (Å²) >= 11 is 0. The molecule has 0 aromatic rings. The van der Waals surface area contributed by atoms with Gasteiger partial charge in [0.05, 0.1) is 24.4 Å². The molecular formula is C14H21NO4. The first-order valence-electron chi connectivity index (χ1n) is 6.43. The van der Waals surface area contributed by atoms with Gasteiger partial charge in [-0.15, -0.1) is 0 Å². The number of rotatable bonds is 4. The van der Waals surface area contributed by atoms with Crippen molar-refractivity contribution >= 4 is 11.9 Å². The zero-order valence-corrected chi connectivity index (χ0v) is 12.1. The van der Waals surface area contributed by atoms with Gasteiger partial charge in [0.1, 0.15) is 0 Å². The first-order valence-corrected chi connectivity index (χ1v) is 6.43. The van der Waals surface area contributed by atoms with E-state index in [1.165, 1.54) is 0 Å². The molecule has 5 nitrogen and oxygen atoms in total. The number of carbonyl (C=O) groups excluding carboxylic acids is 2. The third kappa shape index (κ3) is 3.16. The number of hydrogen-bond acceptors (Lipinski definition) is 5. The number of hydrogen-bond donors (Lipinski definition) is 0. The molecule has 0 fully saturated rings. The van der Waals surface area contributed by atoms with Gasteiger partial charge in [-0.2, -0.15) is 0 Å². The Morgan fingerprint density at radius 3 is 2.26 bits per heavy atom. The van der Waals surface area contributed by atoms with Crippen LogP contribution in [0.4, 0.5) is 0 Å². The summed E-state index contributed by atoms with van der Waals surface area (Å²) in [5.74, 6) is -1.10. The van der Waals surface area contributed by atoms with Crippen molar-refractivity contribution in [3.63, 3.8) is 0 Å². The minimum atomic E-state index is -0.392. The van der Waals surface area contributed by atoms with E-state index < -0.39 is 5.97 Å². The van der Waals surface area contributed by atoms with E-state index in [0.717, 1.165) is 5.70 Å².